The molecule has 6 nitrogen and oxygen atoms in total. The summed E-state index contributed by atoms with van der Waals surface area (Å²) in [6.45, 7) is 3.67. The van der Waals surface area contributed by atoms with Gasteiger partial charge in [-0.2, -0.15) is 0 Å². The van der Waals surface area contributed by atoms with Crippen molar-refractivity contribution in [1.29, 1.82) is 0 Å². The van der Waals surface area contributed by atoms with Crippen molar-refractivity contribution in [2.24, 2.45) is 0 Å². The second kappa shape index (κ2) is 5.47. The van der Waals surface area contributed by atoms with Crippen LogP contribution in [0.3, 0.4) is 0 Å². The Morgan fingerprint density at radius 1 is 1.50 bits per heavy atom. The lowest BCUT2D eigenvalue weighted by molar-refractivity contribution is 0.190. The first-order valence-electron chi connectivity index (χ1n) is 6.58. The summed E-state index contributed by atoms with van der Waals surface area (Å²) in [5.74, 6) is 1.67. The van der Waals surface area contributed by atoms with E-state index in [9.17, 15) is 13.2 Å². The van der Waals surface area contributed by atoms with Crippen molar-refractivity contribution in [3.05, 3.63) is 23.7 Å². The summed E-state index contributed by atoms with van der Waals surface area (Å²) in [5, 5.41) is 2.81. The van der Waals surface area contributed by atoms with Crippen molar-refractivity contribution in [3.8, 4) is 0 Å². The molecule has 1 aliphatic heterocycles. The van der Waals surface area contributed by atoms with Crippen molar-refractivity contribution >= 4 is 15.9 Å². The Labute approximate surface area is 119 Å². The molecule has 1 aromatic rings. The average Bonchev–Trinajstić information content (AvgIpc) is 2.94. The molecule has 2 heterocycles. The van der Waals surface area contributed by atoms with Gasteiger partial charge in [-0.25, -0.2) is 13.2 Å². The Balaban J connectivity index is 1.94. The van der Waals surface area contributed by atoms with Crippen LogP contribution in [0, 0.1) is 6.92 Å². The Morgan fingerprint density at radius 3 is 2.70 bits per heavy atom. The van der Waals surface area contributed by atoms with Gasteiger partial charge in [-0.05, 0) is 32.4 Å². The number of hydrogen-bond acceptors (Lipinski definition) is 4. The lowest BCUT2D eigenvalue weighted by atomic mass is 10.2. The van der Waals surface area contributed by atoms with E-state index in [1.54, 1.807) is 7.05 Å². The van der Waals surface area contributed by atoms with Crippen molar-refractivity contribution < 1.29 is 17.6 Å². The Kier molecular flexibility index (Phi) is 4.08. The summed E-state index contributed by atoms with van der Waals surface area (Å²) < 4.78 is 28.3. The molecule has 0 saturated carbocycles. The molecule has 2 rings (SSSR count). The zero-order valence-electron chi connectivity index (χ0n) is 11.9. The number of rotatable bonds is 3. The SMILES string of the molecule is Cc1ccc([C@@H](C)NC(=O)N(C)[C@H]2CCS(=O)(=O)C2)o1. The summed E-state index contributed by atoms with van der Waals surface area (Å²) in [7, 11) is -1.37. The van der Waals surface area contributed by atoms with Crippen molar-refractivity contribution in [2.45, 2.75) is 32.4 Å². The molecule has 1 aromatic heterocycles. The average molecular weight is 300 g/mol. The predicted molar refractivity (Wildman–Crippen MR) is 75.2 cm³/mol. The maximum absolute atomic E-state index is 12.1. The molecule has 0 aromatic carbocycles. The van der Waals surface area contributed by atoms with Crippen LogP contribution in [0.1, 0.15) is 30.9 Å². The van der Waals surface area contributed by atoms with E-state index in [0.717, 1.165) is 5.76 Å². The largest absolute Gasteiger partial charge is 0.464 e. The van der Waals surface area contributed by atoms with E-state index in [0.29, 0.717) is 12.2 Å². The van der Waals surface area contributed by atoms with Crippen LogP contribution in [-0.4, -0.2) is 43.9 Å². The zero-order valence-corrected chi connectivity index (χ0v) is 12.7. The number of sulfone groups is 1. The van der Waals surface area contributed by atoms with Gasteiger partial charge in [-0.3, -0.25) is 0 Å². The number of amides is 2. The molecule has 0 bridgehead atoms. The highest BCUT2D eigenvalue weighted by atomic mass is 32.2. The van der Waals surface area contributed by atoms with Gasteiger partial charge in [-0.1, -0.05) is 0 Å². The molecule has 2 amide bonds. The molecular formula is C13H20N2O4S. The highest BCUT2D eigenvalue weighted by Crippen LogP contribution is 2.19. The lowest BCUT2D eigenvalue weighted by Gasteiger charge is -2.25. The number of hydrogen-bond donors (Lipinski definition) is 1. The van der Waals surface area contributed by atoms with E-state index in [1.165, 1.54) is 4.90 Å². The molecule has 1 saturated heterocycles. The first kappa shape index (κ1) is 14.9. The Bertz CT molecular complexity index is 593. The number of nitrogens with zero attached hydrogens (tertiary/aromatic N) is 1. The van der Waals surface area contributed by atoms with Gasteiger partial charge in [0.2, 0.25) is 0 Å². The van der Waals surface area contributed by atoms with Gasteiger partial charge in [0.25, 0.3) is 0 Å². The van der Waals surface area contributed by atoms with Gasteiger partial charge in [0.15, 0.2) is 9.84 Å². The first-order valence-corrected chi connectivity index (χ1v) is 8.41. The van der Waals surface area contributed by atoms with Gasteiger partial charge in [0, 0.05) is 13.1 Å². The van der Waals surface area contributed by atoms with Crippen LogP contribution in [0.15, 0.2) is 16.5 Å². The number of carbonyl (C=O) groups excluding carboxylic acids is 1. The van der Waals surface area contributed by atoms with Crippen LogP contribution < -0.4 is 5.32 Å². The van der Waals surface area contributed by atoms with Crippen LogP contribution in [-0.2, 0) is 9.84 Å². The van der Waals surface area contributed by atoms with Crippen LogP contribution in [0.25, 0.3) is 0 Å². The summed E-state index contributed by atoms with van der Waals surface area (Å²) in [6.07, 6.45) is 0.500. The third-order valence-electron chi connectivity index (χ3n) is 3.60. The molecule has 7 heteroatoms. The van der Waals surface area contributed by atoms with Crippen LogP contribution >= 0.6 is 0 Å². The van der Waals surface area contributed by atoms with E-state index < -0.39 is 9.84 Å². The van der Waals surface area contributed by atoms with E-state index in [2.05, 4.69) is 5.32 Å². The highest BCUT2D eigenvalue weighted by molar-refractivity contribution is 7.91. The molecule has 1 aliphatic rings. The minimum atomic E-state index is -2.99. The Hall–Kier alpha value is -1.50. The number of furan rings is 1. The van der Waals surface area contributed by atoms with Gasteiger partial charge in [-0.15, -0.1) is 0 Å². The van der Waals surface area contributed by atoms with E-state index in [4.69, 9.17) is 4.42 Å². The maximum atomic E-state index is 12.1. The quantitative estimate of drug-likeness (QED) is 0.917. The van der Waals surface area contributed by atoms with Crippen molar-refractivity contribution in [2.75, 3.05) is 18.6 Å². The van der Waals surface area contributed by atoms with Crippen LogP contribution in [0.4, 0.5) is 4.79 Å². The third-order valence-corrected chi connectivity index (χ3v) is 5.35. The summed E-state index contributed by atoms with van der Waals surface area (Å²) in [4.78, 5) is 13.6. The number of urea groups is 1. The van der Waals surface area contributed by atoms with E-state index in [-0.39, 0.29) is 29.6 Å². The minimum Gasteiger partial charge on any atom is -0.464 e. The molecule has 1 N–H and O–H groups in total. The fraction of sp³-hybridized carbons (Fsp3) is 0.615. The topological polar surface area (TPSA) is 79.6 Å². The monoisotopic (exact) mass is 300 g/mol. The van der Waals surface area contributed by atoms with Gasteiger partial charge >= 0.3 is 6.03 Å². The van der Waals surface area contributed by atoms with Gasteiger partial charge in [0.05, 0.1) is 17.5 Å². The minimum absolute atomic E-state index is 0.0468. The maximum Gasteiger partial charge on any atom is 0.318 e. The molecule has 0 aliphatic carbocycles. The Morgan fingerprint density at radius 2 is 2.20 bits per heavy atom. The molecular weight excluding hydrogens is 280 g/mol. The zero-order chi connectivity index (χ0) is 14.9. The van der Waals surface area contributed by atoms with E-state index >= 15 is 0 Å². The third kappa shape index (κ3) is 3.33. The summed E-state index contributed by atoms with van der Waals surface area (Å²) in [6, 6.07) is 2.88. The molecule has 0 radical (unpaired) electrons. The second-order valence-corrected chi connectivity index (χ2v) is 7.52. The number of nitrogens with one attached hydrogen (secondary N) is 1. The van der Waals surface area contributed by atoms with Crippen LogP contribution in [0.5, 0.6) is 0 Å². The molecule has 112 valence electrons. The summed E-state index contributed by atoms with van der Waals surface area (Å²) >= 11 is 0. The number of aryl methyl sites for hydroxylation is 1. The molecule has 0 spiro atoms. The molecule has 1 fully saturated rings. The fourth-order valence-electron chi connectivity index (χ4n) is 2.29. The van der Waals surface area contributed by atoms with Crippen molar-refractivity contribution in [1.82, 2.24) is 10.2 Å². The fourth-order valence-corrected chi connectivity index (χ4v) is 4.07. The molecule has 2 atom stereocenters. The normalized spacial score (nSPS) is 22.4. The highest BCUT2D eigenvalue weighted by Gasteiger charge is 2.33. The standard InChI is InChI=1S/C13H20N2O4S/c1-9-4-5-12(19-9)10(2)14-13(16)15(3)11-6-7-20(17,18)8-11/h4-5,10-11H,6-8H2,1-3H3,(H,14,16)/t10-,11+/m1/s1. The lowest BCUT2D eigenvalue weighted by Crippen LogP contribution is -2.44. The molecule has 0 unspecified atom stereocenters. The smallest absolute Gasteiger partial charge is 0.318 e. The van der Waals surface area contributed by atoms with E-state index in [1.807, 2.05) is 26.0 Å². The first-order chi connectivity index (χ1) is 9.28. The van der Waals surface area contributed by atoms with Gasteiger partial charge < -0.3 is 14.6 Å². The van der Waals surface area contributed by atoms with Gasteiger partial charge in [0.1, 0.15) is 11.5 Å². The van der Waals surface area contributed by atoms with Crippen LogP contribution in [0.2, 0.25) is 0 Å². The molecule has 20 heavy (non-hydrogen) atoms. The predicted octanol–water partition coefficient (Wildman–Crippen LogP) is 1.48. The number of carbonyl (C=O) groups is 1. The van der Waals surface area contributed by atoms with Crippen molar-refractivity contribution in [3.63, 3.8) is 0 Å². The second-order valence-electron chi connectivity index (χ2n) is 5.29. The summed E-state index contributed by atoms with van der Waals surface area (Å²) in [5.41, 5.74) is 0.